The fourth-order valence-electron chi connectivity index (χ4n) is 2.83. The lowest BCUT2D eigenvalue weighted by Crippen LogP contribution is -2.46. The summed E-state index contributed by atoms with van der Waals surface area (Å²) in [5, 5.41) is 3.52. The zero-order chi connectivity index (χ0) is 13.8. The fourth-order valence-corrected chi connectivity index (χ4v) is 4.65. The monoisotopic (exact) mass is 283 g/mol. The van der Waals surface area contributed by atoms with Crippen LogP contribution >= 0.6 is 0 Å². The van der Waals surface area contributed by atoms with Gasteiger partial charge < -0.3 is 5.32 Å². The highest BCUT2D eigenvalue weighted by molar-refractivity contribution is 7.85. The predicted octanol–water partition coefficient (Wildman–Crippen LogP) is 3.10. The first-order chi connectivity index (χ1) is 9.11. The van der Waals surface area contributed by atoms with Gasteiger partial charge in [0.05, 0.1) is 16.0 Å². The average molecular weight is 283 g/mol. The molecule has 19 heavy (non-hydrogen) atoms. The van der Waals surface area contributed by atoms with Crippen molar-refractivity contribution in [2.75, 3.05) is 6.54 Å². The van der Waals surface area contributed by atoms with Gasteiger partial charge in [0.2, 0.25) is 0 Å². The van der Waals surface area contributed by atoms with Gasteiger partial charge in [0, 0.05) is 10.9 Å². The molecule has 0 bridgehead atoms. The molecular formula is C15H22FNOS. The van der Waals surface area contributed by atoms with Crippen molar-refractivity contribution >= 4 is 10.8 Å². The van der Waals surface area contributed by atoms with Crippen LogP contribution in [0.1, 0.15) is 33.1 Å². The Kier molecular flexibility index (Phi) is 5.11. The molecule has 1 N–H and O–H groups in total. The summed E-state index contributed by atoms with van der Waals surface area (Å²) >= 11 is 0. The van der Waals surface area contributed by atoms with E-state index in [9.17, 15) is 8.60 Å². The Morgan fingerprint density at radius 3 is 2.89 bits per heavy atom. The third-order valence-electron chi connectivity index (χ3n) is 3.82. The number of hydrogen-bond acceptors (Lipinski definition) is 2. The molecule has 0 aliphatic heterocycles. The lowest BCUT2D eigenvalue weighted by molar-refractivity contribution is 0.316. The molecule has 1 aliphatic rings. The molecule has 0 heterocycles. The summed E-state index contributed by atoms with van der Waals surface area (Å²) in [6, 6.07) is 6.48. The summed E-state index contributed by atoms with van der Waals surface area (Å²) in [5.74, 6) is 0.284. The minimum absolute atomic E-state index is 0.0884. The van der Waals surface area contributed by atoms with E-state index in [1.165, 1.54) is 18.6 Å². The van der Waals surface area contributed by atoms with Gasteiger partial charge in [-0.15, -0.1) is 0 Å². The third-order valence-corrected chi connectivity index (χ3v) is 5.61. The first-order valence-electron chi connectivity index (χ1n) is 7.01. The molecule has 2 rings (SSSR count). The van der Waals surface area contributed by atoms with Crippen molar-refractivity contribution in [3.05, 3.63) is 30.1 Å². The van der Waals surface area contributed by atoms with Gasteiger partial charge in [-0.2, -0.15) is 0 Å². The van der Waals surface area contributed by atoms with Crippen LogP contribution in [-0.4, -0.2) is 22.0 Å². The Morgan fingerprint density at radius 2 is 2.21 bits per heavy atom. The van der Waals surface area contributed by atoms with Crippen LogP contribution in [0.2, 0.25) is 0 Å². The molecule has 1 fully saturated rings. The van der Waals surface area contributed by atoms with Gasteiger partial charge in [0.25, 0.3) is 0 Å². The molecule has 4 atom stereocenters. The summed E-state index contributed by atoms with van der Waals surface area (Å²) in [7, 11) is -1.13. The van der Waals surface area contributed by atoms with E-state index in [4.69, 9.17) is 0 Å². The van der Waals surface area contributed by atoms with Crippen molar-refractivity contribution in [1.82, 2.24) is 5.32 Å². The molecule has 0 aromatic heterocycles. The zero-order valence-electron chi connectivity index (χ0n) is 11.6. The van der Waals surface area contributed by atoms with E-state index in [0.29, 0.717) is 10.8 Å². The predicted molar refractivity (Wildman–Crippen MR) is 77.1 cm³/mol. The maximum atomic E-state index is 13.3. The third kappa shape index (κ3) is 3.63. The van der Waals surface area contributed by atoms with Crippen LogP contribution in [0.25, 0.3) is 0 Å². The molecule has 0 radical (unpaired) electrons. The first kappa shape index (κ1) is 14.7. The van der Waals surface area contributed by atoms with Crippen LogP contribution in [0.3, 0.4) is 0 Å². The highest BCUT2D eigenvalue weighted by Crippen LogP contribution is 2.30. The van der Waals surface area contributed by atoms with E-state index in [2.05, 4.69) is 19.2 Å². The quantitative estimate of drug-likeness (QED) is 0.920. The van der Waals surface area contributed by atoms with Crippen molar-refractivity contribution in [2.45, 2.75) is 49.3 Å². The fraction of sp³-hybridized carbons (Fsp3) is 0.600. The average Bonchev–Trinajstić information content (AvgIpc) is 2.40. The number of hydrogen-bond donors (Lipinski definition) is 1. The van der Waals surface area contributed by atoms with Gasteiger partial charge in [-0.25, -0.2) is 4.39 Å². The molecule has 0 saturated heterocycles. The summed E-state index contributed by atoms with van der Waals surface area (Å²) < 4.78 is 26.0. The maximum Gasteiger partial charge on any atom is 0.124 e. The van der Waals surface area contributed by atoms with Crippen LogP contribution in [-0.2, 0) is 10.8 Å². The summed E-state index contributed by atoms with van der Waals surface area (Å²) in [5.41, 5.74) is 0. The largest absolute Gasteiger partial charge is 0.313 e. The van der Waals surface area contributed by atoms with E-state index >= 15 is 0 Å². The molecule has 2 nitrogen and oxygen atoms in total. The Balaban J connectivity index is 2.18. The minimum Gasteiger partial charge on any atom is -0.313 e. The molecule has 0 spiro atoms. The van der Waals surface area contributed by atoms with E-state index in [1.54, 1.807) is 12.1 Å². The second kappa shape index (κ2) is 6.62. The van der Waals surface area contributed by atoms with E-state index < -0.39 is 10.8 Å². The van der Waals surface area contributed by atoms with Crippen LogP contribution in [0.15, 0.2) is 29.2 Å². The molecule has 0 amide bonds. The molecule has 1 aliphatic carbocycles. The smallest absolute Gasteiger partial charge is 0.124 e. The second-order valence-electron chi connectivity index (χ2n) is 5.38. The molecule has 4 unspecified atom stereocenters. The van der Waals surface area contributed by atoms with Crippen LogP contribution in [0.5, 0.6) is 0 Å². The number of halogens is 1. The highest BCUT2D eigenvalue weighted by Gasteiger charge is 2.33. The maximum absolute atomic E-state index is 13.3. The first-order valence-corrected chi connectivity index (χ1v) is 8.22. The van der Waals surface area contributed by atoms with Gasteiger partial charge in [-0.3, -0.25) is 4.21 Å². The van der Waals surface area contributed by atoms with Crippen molar-refractivity contribution < 1.29 is 8.60 Å². The van der Waals surface area contributed by atoms with E-state index in [0.717, 1.165) is 19.4 Å². The Hall–Kier alpha value is -0.740. The van der Waals surface area contributed by atoms with Gasteiger partial charge in [0.1, 0.15) is 5.82 Å². The van der Waals surface area contributed by atoms with Gasteiger partial charge in [-0.05, 0) is 49.9 Å². The van der Waals surface area contributed by atoms with Crippen LogP contribution in [0, 0.1) is 11.7 Å². The molecule has 1 aromatic rings. The Bertz CT molecular complexity index is 452. The summed E-state index contributed by atoms with van der Waals surface area (Å²) in [6.45, 7) is 5.16. The Morgan fingerprint density at radius 1 is 1.42 bits per heavy atom. The van der Waals surface area contributed by atoms with Crippen molar-refractivity contribution in [2.24, 2.45) is 5.92 Å². The number of rotatable bonds is 4. The van der Waals surface area contributed by atoms with Crippen molar-refractivity contribution in [3.63, 3.8) is 0 Å². The van der Waals surface area contributed by atoms with Crippen molar-refractivity contribution in [3.8, 4) is 0 Å². The molecule has 4 heteroatoms. The highest BCUT2D eigenvalue weighted by atomic mass is 32.2. The van der Waals surface area contributed by atoms with Gasteiger partial charge >= 0.3 is 0 Å². The second-order valence-corrected chi connectivity index (χ2v) is 7.05. The molecular weight excluding hydrogens is 261 g/mol. The molecule has 106 valence electrons. The Labute approximate surface area is 117 Å². The number of nitrogens with one attached hydrogen (secondary N) is 1. The van der Waals surface area contributed by atoms with Crippen molar-refractivity contribution in [1.29, 1.82) is 0 Å². The van der Waals surface area contributed by atoms with Gasteiger partial charge in [-0.1, -0.05) is 19.9 Å². The lowest BCUT2D eigenvalue weighted by atomic mass is 9.87. The molecule has 1 saturated carbocycles. The topological polar surface area (TPSA) is 29.1 Å². The normalized spacial score (nSPS) is 29.1. The SMILES string of the molecule is CCNC1CCC(C)CC1S(=O)c1cccc(F)c1. The zero-order valence-corrected chi connectivity index (χ0v) is 12.4. The number of benzene rings is 1. The molecule has 1 aromatic carbocycles. The van der Waals surface area contributed by atoms with Gasteiger partial charge in [0.15, 0.2) is 0 Å². The summed E-state index contributed by atoms with van der Waals surface area (Å²) in [4.78, 5) is 0.613. The lowest BCUT2D eigenvalue weighted by Gasteiger charge is -2.34. The summed E-state index contributed by atoms with van der Waals surface area (Å²) in [6.07, 6.45) is 3.18. The van der Waals surface area contributed by atoms with Crippen LogP contribution in [0.4, 0.5) is 4.39 Å². The minimum atomic E-state index is -1.13. The standard InChI is InChI=1S/C15H22FNOS/c1-3-17-14-8-7-11(2)9-15(14)19(18)13-6-4-5-12(16)10-13/h4-6,10-11,14-15,17H,3,7-9H2,1-2H3. The van der Waals surface area contributed by atoms with E-state index in [1.807, 2.05) is 0 Å². The van der Waals surface area contributed by atoms with E-state index in [-0.39, 0.29) is 17.1 Å². The van der Waals surface area contributed by atoms with Crippen LogP contribution < -0.4 is 5.32 Å².